The lowest BCUT2D eigenvalue weighted by atomic mass is 10.1. The van der Waals surface area contributed by atoms with Gasteiger partial charge in [-0.05, 0) is 62.9 Å². The standard InChI is InChI=1S/C22H32N4O3S/c1-17(16-26-19(3)14-18(2)24-26)15-23-22(27)20-8-10-21(11-9-20)30(28,29)25-12-6-4-5-7-13-25/h8-11,14,17H,4-7,12-13,15-16H2,1-3H3,(H,23,27). The third-order valence-corrected chi connectivity index (χ3v) is 7.43. The van der Waals surface area contributed by atoms with E-state index in [1.165, 1.54) is 12.1 Å². The Bertz CT molecular complexity index is 959. The molecule has 7 nitrogen and oxygen atoms in total. The van der Waals surface area contributed by atoms with E-state index >= 15 is 0 Å². The number of nitrogens with zero attached hydrogens (tertiary/aromatic N) is 3. The van der Waals surface area contributed by atoms with Crippen LogP contribution in [0.15, 0.2) is 35.2 Å². The SMILES string of the molecule is Cc1cc(C)n(CC(C)CNC(=O)c2ccc(S(=O)(=O)N3CCCCCC3)cc2)n1. The number of rotatable bonds is 7. The lowest BCUT2D eigenvalue weighted by Crippen LogP contribution is -2.32. The molecule has 0 aliphatic carbocycles. The number of nitrogens with one attached hydrogen (secondary N) is 1. The van der Waals surface area contributed by atoms with Crippen molar-refractivity contribution in [3.63, 3.8) is 0 Å². The first-order valence-electron chi connectivity index (χ1n) is 10.7. The Hall–Kier alpha value is -2.19. The first kappa shape index (κ1) is 22.5. The van der Waals surface area contributed by atoms with Gasteiger partial charge in [0.15, 0.2) is 0 Å². The summed E-state index contributed by atoms with van der Waals surface area (Å²) in [6.07, 6.45) is 3.94. The van der Waals surface area contributed by atoms with Gasteiger partial charge in [0.2, 0.25) is 10.0 Å². The fourth-order valence-electron chi connectivity index (χ4n) is 3.80. The van der Waals surface area contributed by atoms with Crippen molar-refractivity contribution in [2.24, 2.45) is 5.92 Å². The minimum atomic E-state index is -3.50. The van der Waals surface area contributed by atoms with Gasteiger partial charge in [-0.25, -0.2) is 8.42 Å². The molecule has 164 valence electrons. The first-order chi connectivity index (χ1) is 14.3. The molecule has 1 aromatic carbocycles. The quantitative estimate of drug-likeness (QED) is 0.728. The summed E-state index contributed by atoms with van der Waals surface area (Å²) < 4.78 is 29.2. The lowest BCUT2D eigenvalue weighted by Gasteiger charge is -2.20. The molecule has 1 saturated heterocycles. The predicted octanol–water partition coefficient (Wildman–Crippen LogP) is 3.13. The molecule has 1 aliphatic heterocycles. The van der Waals surface area contributed by atoms with Crippen molar-refractivity contribution in [2.45, 2.75) is 57.9 Å². The molecule has 1 aromatic heterocycles. The zero-order chi connectivity index (χ0) is 21.7. The van der Waals surface area contributed by atoms with Crippen LogP contribution in [0.5, 0.6) is 0 Å². The molecule has 1 aliphatic rings. The number of sulfonamides is 1. The van der Waals surface area contributed by atoms with E-state index in [-0.39, 0.29) is 16.7 Å². The fourth-order valence-corrected chi connectivity index (χ4v) is 5.31. The van der Waals surface area contributed by atoms with Crippen LogP contribution in [0.1, 0.15) is 54.4 Å². The van der Waals surface area contributed by atoms with Gasteiger partial charge >= 0.3 is 0 Å². The van der Waals surface area contributed by atoms with Crippen LogP contribution in [-0.4, -0.2) is 48.0 Å². The highest BCUT2D eigenvalue weighted by molar-refractivity contribution is 7.89. The average Bonchev–Trinajstić information content (AvgIpc) is 2.92. The largest absolute Gasteiger partial charge is 0.352 e. The maximum Gasteiger partial charge on any atom is 0.251 e. The maximum absolute atomic E-state index is 12.9. The van der Waals surface area contributed by atoms with E-state index < -0.39 is 10.0 Å². The molecule has 0 radical (unpaired) electrons. The molecular formula is C22H32N4O3S. The minimum absolute atomic E-state index is 0.200. The van der Waals surface area contributed by atoms with Gasteiger partial charge in [0.1, 0.15) is 0 Å². The second-order valence-electron chi connectivity index (χ2n) is 8.27. The lowest BCUT2D eigenvalue weighted by molar-refractivity contribution is 0.0946. The molecule has 1 fully saturated rings. The van der Waals surface area contributed by atoms with Crippen LogP contribution < -0.4 is 5.32 Å². The Balaban J connectivity index is 1.57. The van der Waals surface area contributed by atoms with Gasteiger partial charge in [-0.1, -0.05) is 19.8 Å². The summed E-state index contributed by atoms with van der Waals surface area (Å²) in [5.41, 5.74) is 2.55. The average molecular weight is 433 g/mol. The molecule has 3 rings (SSSR count). The van der Waals surface area contributed by atoms with Gasteiger partial charge < -0.3 is 5.32 Å². The van der Waals surface area contributed by atoms with Gasteiger partial charge in [0.05, 0.1) is 10.6 Å². The molecule has 1 atom stereocenters. The normalized spacial score (nSPS) is 16.8. The van der Waals surface area contributed by atoms with Crippen molar-refractivity contribution >= 4 is 15.9 Å². The molecule has 8 heteroatoms. The van der Waals surface area contributed by atoms with Gasteiger partial charge in [-0.2, -0.15) is 9.40 Å². The van der Waals surface area contributed by atoms with Crippen LogP contribution in [0.3, 0.4) is 0 Å². The Labute approximate surface area is 179 Å². The Morgan fingerprint density at radius 1 is 1.10 bits per heavy atom. The smallest absolute Gasteiger partial charge is 0.251 e. The molecule has 2 heterocycles. The topological polar surface area (TPSA) is 84.3 Å². The Morgan fingerprint density at radius 3 is 2.30 bits per heavy atom. The van der Waals surface area contributed by atoms with E-state index in [9.17, 15) is 13.2 Å². The first-order valence-corrected chi connectivity index (χ1v) is 12.1. The molecule has 2 aromatic rings. The van der Waals surface area contributed by atoms with Crippen LogP contribution in [0.4, 0.5) is 0 Å². The van der Waals surface area contributed by atoms with Crippen molar-refractivity contribution in [3.8, 4) is 0 Å². The second-order valence-corrected chi connectivity index (χ2v) is 10.2. The number of hydrogen-bond acceptors (Lipinski definition) is 4. The van der Waals surface area contributed by atoms with Crippen molar-refractivity contribution in [3.05, 3.63) is 47.3 Å². The summed E-state index contributed by atoms with van der Waals surface area (Å²) >= 11 is 0. The molecular weight excluding hydrogens is 400 g/mol. The monoisotopic (exact) mass is 432 g/mol. The summed E-state index contributed by atoms with van der Waals surface area (Å²) in [6.45, 7) is 8.43. The number of amides is 1. The van der Waals surface area contributed by atoms with E-state index in [0.29, 0.717) is 25.2 Å². The van der Waals surface area contributed by atoms with Crippen LogP contribution >= 0.6 is 0 Å². The number of carbonyl (C=O) groups excluding carboxylic acids is 1. The minimum Gasteiger partial charge on any atom is -0.352 e. The predicted molar refractivity (Wildman–Crippen MR) is 117 cm³/mol. The van der Waals surface area contributed by atoms with Crippen LogP contribution in [0, 0.1) is 19.8 Å². The summed E-state index contributed by atoms with van der Waals surface area (Å²) in [5.74, 6) is 0.0172. The number of benzene rings is 1. The third kappa shape index (κ3) is 5.49. The van der Waals surface area contributed by atoms with Gasteiger partial charge in [0, 0.05) is 37.4 Å². The molecule has 0 spiro atoms. The Morgan fingerprint density at radius 2 is 1.73 bits per heavy atom. The van der Waals surface area contributed by atoms with Crippen molar-refractivity contribution in [1.29, 1.82) is 0 Å². The van der Waals surface area contributed by atoms with Crippen LogP contribution in [-0.2, 0) is 16.6 Å². The Kier molecular flexibility index (Phi) is 7.31. The van der Waals surface area contributed by atoms with Crippen molar-refractivity contribution in [1.82, 2.24) is 19.4 Å². The fraction of sp³-hybridized carbons (Fsp3) is 0.545. The van der Waals surface area contributed by atoms with E-state index in [0.717, 1.165) is 43.6 Å². The summed E-state index contributed by atoms with van der Waals surface area (Å²) in [4.78, 5) is 12.7. The highest BCUT2D eigenvalue weighted by Gasteiger charge is 2.25. The molecule has 1 amide bonds. The van der Waals surface area contributed by atoms with E-state index in [1.54, 1.807) is 16.4 Å². The van der Waals surface area contributed by atoms with Gasteiger partial charge in [-0.3, -0.25) is 9.48 Å². The molecule has 30 heavy (non-hydrogen) atoms. The highest BCUT2D eigenvalue weighted by Crippen LogP contribution is 2.20. The molecule has 1 unspecified atom stereocenters. The second kappa shape index (κ2) is 9.75. The van der Waals surface area contributed by atoms with E-state index in [1.807, 2.05) is 24.6 Å². The zero-order valence-corrected chi connectivity index (χ0v) is 18.9. The summed E-state index contributed by atoms with van der Waals surface area (Å²) in [5, 5.41) is 7.39. The van der Waals surface area contributed by atoms with Gasteiger partial charge in [0.25, 0.3) is 5.91 Å². The maximum atomic E-state index is 12.9. The third-order valence-electron chi connectivity index (χ3n) is 5.52. The highest BCUT2D eigenvalue weighted by atomic mass is 32.2. The van der Waals surface area contributed by atoms with Crippen molar-refractivity contribution < 1.29 is 13.2 Å². The van der Waals surface area contributed by atoms with Crippen LogP contribution in [0.2, 0.25) is 0 Å². The summed E-state index contributed by atoms with van der Waals surface area (Å²) in [6, 6.07) is 8.28. The molecule has 0 saturated carbocycles. The number of aryl methyl sites for hydroxylation is 2. The number of carbonyl (C=O) groups is 1. The number of aromatic nitrogens is 2. The van der Waals surface area contributed by atoms with Gasteiger partial charge in [-0.15, -0.1) is 0 Å². The molecule has 0 bridgehead atoms. The van der Waals surface area contributed by atoms with Crippen molar-refractivity contribution in [2.75, 3.05) is 19.6 Å². The van der Waals surface area contributed by atoms with Crippen LogP contribution in [0.25, 0.3) is 0 Å². The zero-order valence-electron chi connectivity index (χ0n) is 18.1. The summed E-state index contributed by atoms with van der Waals surface area (Å²) in [7, 11) is -3.50. The van der Waals surface area contributed by atoms with E-state index in [4.69, 9.17) is 0 Å². The number of hydrogen-bond donors (Lipinski definition) is 1. The molecule has 1 N–H and O–H groups in total. The van der Waals surface area contributed by atoms with E-state index in [2.05, 4.69) is 17.3 Å².